The van der Waals surface area contributed by atoms with Crippen molar-refractivity contribution in [1.82, 2.24) is 0 Å². The highest BCUT2D eigenvalue weighted by molar-refractivity contribution is 6.42. The highest BCUT2D eigenvalue weighted by atomic mass is 35.5. The summed E-state index contributed by atoms with van der Waals surface area (Å²) in [6, 6.07) is 11.7. The summed E-state index contributed by atoms with van der Waals surface area (Å²) in [4.78, 5) is 0. The van der Waals surface area contributed by atoms with Gasteiger partial charge in [0, 0.05) is 5.69 Å². The lowest BCUT2D eigenvalue weighted by Crippen LogP contribution is -1.96. The molecule has 0 saturated carbocycles. The number of anilines is 3. The van der Waals surface area contributed by atoms with E-state index < -0.39 is 0 Å². The standard InChI is InChI=1S/C15H16Cl2N2/c1-2-3-10-4-6-11(7-5-10)19-15-9-13(17)12(16)8-14(15)18/h4-9,19H,2-3,18H2,1H3. The van der Waals surface area contributed by atoms with Gasteiger partial charge in [0.15, 0.2) is 0 Å². The quantitative estimate of drug-likeness (QED) is 0.754. The van der Waals surface area contributed by atoms with E-state index in [9.17, 15) is 0 Å². The zero-order chi connectivity index (χ0) is 13.8. The van der Waals surface area contributed by atoms with E-state index in [2.05, 4.69) is 24.4 Å². The molecule has 3 N–H and O–H groups in total. The zero-order valence-corrected chi connectivity index (χ0v) is 12.2. The lowest BCUT2D eigenvalue weighted by atomic mass is 10.1. The Hall–Kier alpha value is -1.38. The monoisotopic (exact) mass is 294 g/mol. The van der Waals surface area contributed by atoms with Crippen molar-refractivity contribution in [1.29, 1.82) is 0 Å². The number of hydrogen-bond donors (Lipinski definition) is 2. The summed E-state index contributed by atoms with van der Waals surface area (Å²) in [5, 5.41) is 4.19. The molecule has 2 aromatic carbocycles. The fraction of sp³-hybridized carbons (Fsp3) is 0.200. The molecule has 0 aliphatic heterocycles. The third-order valence-electron chi connectivity index (χ3n) is 2.86. The van der Waals surface area contributed by atoms with E-state index in [0.29, 0.717) is 15.7 Å². The van der Waals surface area contributed by atoms with Crippen molar-refractivity contribution in [2.45, 2.75) is 19.8 Å². The van der Waals surface area contributed by atoms with Gasteiger partial charge < -0.3 is 11.1 Å². The van der Waals surface area contributed by atoms with Crippen LogP contribution in [0, 0.1) is 0 Å². The maximum absolute atomic E-state index is 5.99. The first-order chi connectivity index (χ1) is 9.10. The predicted molar refractivity (Wildman–Crippen MR) is 84.6 cm³/mol. The molecule has 0 aliphatic rings. The number of nitrogen functional groups attached to an aromatic ring is 1. The second kappa shape index (κ2) is 6.18. The van der Waals surface area contributed by atoms with Gasteiger partial charge in [-0.2, -0.15) is 0 Å². The lowest BCUT2D eigenvalue weighted by Gasteiger charge is -2.11. The lowest BCUT2D eigenvalue weighted by molar-refractivity contribution is 0.922. The molecule has 100 valence electrons. The molecule has 4 heteroatoms. The largest absolute Gasteiger partial charge is 0.397 e. The van der Waals surface area contributed by atoms with Gasteiger partial charge in [-0.25, -0.2) is 0 Å². The van der Waals surface area contributed by atoms with Crippen molar-refractivity contribution in [3.05, 3.63) is 52.0 Å². The molecule has 0 amide bonds. The molecular formula is C15H16Cl2N2. The van der Waals surface area contributed by atoms with Gasteiger partial charge in [-0.15, -0.1) is 0 Å². The summed E-state index contributed by atoms with van der Waals surface area (Å²) in [7, 11) is 0. The second-order valence-electron chi connectivity index (χ2n) is 4.43. The van der Waals surface area contributed by atoms with Crippen LogP contribution in [0.1, 0.15) is 18.9 Å². The van der Waals surface area contributed by atoms with Crippen LogP contribution in [0.2, 0.25) is 10.0 Å². The molecule has 0 radical (unpaired) electrons. The van der Waals surface area contributed by atoms with Crippen LogP contribution in [-0.4, -0.2) is 0 Å². The fourth-order valence-electron chi connectivity index (χ4n) is 1.87. The van der Waals surface area contributed by atoms with Crippen molar-refractivity contribution in [2.24, 2.45) is 0 Å². The van der Waals surface area contributed by atoms with Crippen molar-refractivity contribution in [3.8, 4) is 0 Å². The summed E-state index contributed by atoms with van der Waals surface area (Å²) in [6.45, 7) is 2.17. The Morgan fingerprint density at radius 2 is 1.68 bits per heavy atom. The Balaban J connectivity index is 2.19. The van der Waals surface area contributed by atoms with Crippen LogP contribution in [0.3, 0.4) is 0 Å². The van der Waals surface area contributed by atoms with E-state index in [1.54, 1.807) is 12.1 Å². The number of halogens is 2. The van der Waals surface area contributed by atoms with Gasteiger partial charge in [0.2, 0.25) is 0 Å². The molecule has 0 spiro atoms. The summed E-state index contributed by atoms with van der Waals surface area (Å²) >= 11 is 11.9. The first-order valence-corrected chi connectivity index (χ1v) is 6.96. The number of aryl methyl sites for hydroxylation is 1. The molecule has 0 atom stereocenters. The molecule has 2 aromatic rings. The number of nitrogens with one attached hydrogen (secondary N) is 1. The number of rotatable bonds is 4. The minimum atomic E-state index is 0.461. The predicted octanol–water partition coefficient (Wildman–Crippen LogP) is 5.27. The van der Waals surface area contributed by atoms with Crippen LogP contribution in [0.15, 0.2) is 36.4 Å². The second-order valence-corrected chi connectivity index (χ2v) is 5.24. The van der Waals surface area contributed by atoms with Gasteiger partial charge in [-0.1, -0.05) is 48.7 Å². The Kier molecular flexibility index (Phi) is 4.56. The Labute approximate surface area is 123 Å². The number of nitrogens with two attached hydrogens (primary N) is 1. The normalized spacial score (nSPS) is 10.5. The molecular weight excluding hydrogens is 279 g/mol. The van der Waals surface area contributed by atoms with E-state index in [1.165, 1.54) is 5.56 Å². The first-order valence-electron chi connectivity index (χ1n) is 6.20. The summed E-state index contributed by atoms with van der Waals surface area (Å²) in [5.74, 6) is 0. The molecule has 0 unspecified atom stereocenters. The highest BCUT2D eigenvalue weighted by Crippen LogP contribution is 2.32. The maximum atomic E-state index is 5.99. The van der Waals surface area contributed by atoms with Crippen molar-refractivity contribution in [2.75, 3.05) is 11.1 Å². The van der Waals surface area contributed by atoms with Gasteiger partial charge >= 0.3 is 0 Å². The molecule has 0 aliphatic carbocycles. The van der Waals surface area contributed by atoms with Crippen LogP contribution >= 0.6 is 23.2 Å². The van der Waals surface area contributed by atoms with Crippen LogP contribution in [0.5, 0.6) is 0 Å². The van der Waals surface area contributed by atoms with E-state index in [0.717, 1.165) is 24.2 Å². The van der Waals surface area contributed by atoms with E-state index in [-0.39, 0.29) is 0 Å². The molecule has 19 heavy (non-hydrogen) atoms. The number of benzene rings is 2. The smallest absolute Gasteiger partial charge is 0.0633 e. The number of hydrogen-bond acceptors (Lipinski definition) is 2. The maximum Gasteiger partial charge on any atom is 0.0633 e. The molecule has 0 aromatic heterocycles. The molecule has 0 heterocycles. The minimum Gasteiger partial charge on any atom is -0.397 e. The third-order valence-corrected chi connectivity index (χ3v) is 3.59. The van der Waals surface area contributed by atoms with Gasteiger partial charge in [0.25, 0.3) is 0 Å². The average Bonchev–Trinajstić information content (AvgIpc) is 2.38. The van der Waals surface area contributed by atoms with Gasteiger partial charge in [0.1, 0.15) is 0 Å². The summed E-state index contributed by atoms with van der Waals surface area (Å²) in [6.07, 6.45) is 2.24. The van der Waals surface area contributed by atoms with E-state index in [4.69, 9.17) is 28.9 Å². The summed E-state index contributed by atoms with van der Waals surface area (Å²) in [5.41, 5.74) is 9.55. The Morgan fingerprint density at radius 1 is 1.05 bits per heavy atom. The van der Waals surface area contributed by atoms with Gasteiger partial charge in [-0.05, 0) is 36.2 Å². The third kappa shape index (κ3) is 3.55. The topological polar surface area (TPSA) is 38.0 Å². The molecule has 0 bridgehead atoms. The Morgan fingerprint density at radius 3 is 2.32 bits per heavy atom. The van der Waals surface area contributed by atoms with E-state index in [1.807, 2.05) is 12.1 Å². The Bertz CT molecular complexity index is 565. The van der Waals surface area contributed by atoms with Crippen LogP contribution < -0.4 is 11.1 Å². The van der Waals surface area contributed by atoms with E-state index >= 15 is 0 Å². The fourth-order valence-corrected chi connectivity index (χ4v) is 2.21. The average molecular weight is 295 g/mol. The molecule has 2 rings (SSSR count). The van der Waals surface area contributed by atoms with Crippen LogP contribution in [-0.2, 0) is 6.42 Å². The van der Waals surface area contributed by atoms with Gasteiger partial charge in [-0.3, -0.25) is 0 Å². The molecule has 2 nitrogen and oxygen atoms in total. The highest BCUT2D eigenvalue weighted by Gasteiger charge is 2.05. The first kappa shape index (κ1) is 14.0. The molecule has 0 fully saturated rings. The molecule has 0 saturated heterocycles. The van der Waals surface area contributed by atoms with Crippen molar-refractivity contribution >= 4 is 40.3 Å². The van der Waals surface area contributed by atoms with Crippen molar-refractivity contribution < 1.29 is 0 Å². The minimum absolute atomic E-state index is 0.461. The van der Waals surface area contributed by atoms with Crippen LogP contribution in [0.4, 0.5) is 17.1 Å². The van der Waals surface area contributed by atoms with Crippen molar-refractivity contribution in [3.63, 3.8) is 0 Å². The summed E-state index contributed by atoms with van der Waals surface area (Å²) < 4.78 is 0. The van der Waals surface area contributed by atoms with Crippen LogP contribution in [0.25, 0.3) is 0 Å². The SMILES string of the molecule is CCCc1ccc(Nc2cc(Cl)c(Cl)cc2N)cc1. The zero-order valence-electron chi connectivity index (χ0n) is 10.7. The van der Waals surface area contributed by atoms with Gasteiger partial charge in [0.05, 0.1) is 21.4 Å².